The van der Waals surface area contributed by atoms with Gasteiger partial charge in [0.1, 0.15) is 18.5 Å². The number of nitrogens with zero attached hydrogens (tertiary/aromatic N) is 6. The predicted octanol–water partition coefficient (Wildman–Crippen LogP) is 1.89. The average molecular weight is 490 g/mol. The number of piperazine rings is 1. The van der Waals surface area contributed by atoms with E-state index in [1.807, 2.05) is 30.3 Å². The number of aromatic nitrogens is 2. The molecule has 9 nitrogen and oxygen atoms in total. The number of nitrogens with one attached hydrogen (secondary N) is 1. The number of likely N-dealkylation sites (tertiary alicyclic amines) is 1. The number of fused-ring (bicyclic) bond motifs is 1. The van der Waals surface area contributed by atoms with E-state index in [-0.39, 0.29) is 11.8 Å². The molecule has 1 aromatic carbocycles. The van der Waals surface area contributed by atoms with Crippen LogP contribution < -0.4 is 15.0 Å². The van der Waals surface area contributed by atoms with Gasteiger partial charge >= 0.3 is 6.01 Å². The Hall–Kier alpha value is -3.06. The maximum atomic E-state index is 12.9. The molecule has 0 unspecified atom stereocenters. The van der Waals surface area contributed by atoms with Gasteiger partial charge in [-0.2, -0.15) is 9.97 Å². The van der Waals surface area contributed by atoms with Crippen molar-refractivity contribution in [2.45, 2.75) is 37.9 Å². The van der Waals surface area contributed by atoms with Gasteiger partial charge in [-0.05, 0) is 39.4 Å². The quantitative estimate of drug-likeness (QED) is 0.445. The van der Waals surface area contributed by atoms with Crippen molar-refractivity contribution in [3.63, 3.8) is 0 Å². The average Bonchev–Trinajstić information content (AvgIpc) is 3.33. The van der Waals surface area contributed by atoms with Gasteiger partial charge in [0.2, 0.25) is 6.54 Å². The second-order valence-electron chi connectivity index (χ2n) is 9.97. The minimum absolute atomic E-state index is 0.0345. The summed E-state index contributed by atoms with van der Waals surface area (Å²) >= 11 is 0. The summed E-state index contributed by atoms with van der Waals surface area (Å²) in [6.07, 6.45) is 3.21. The predicted molar refractivity (Wildman–Crippen MR) is 138 cm³/mol. The van der Waals surface area contributed by atoms with E-state index in [0.717, 1.165) is 44.0 Å². The second-order valence-corrected chi connectivity index (χ2v) is 9.97. The number of ketones is 1. The second kappa shape index (κ2) is 11.3. The molecule has 3 aliphatic heterocycles. The van der Waals surface area contributed by atoms with Gasteiger partial charge in [0.25, 0.3) is 0 Å². The molecule has 0 bridgehead atoms. The minimum Gasteiger partial charge on any atom is -0.462 e. The Morgan fingerprint density at radius 3 is 2.83 bits per heavy atom. The summed E-state index contributed by atoms with van der Waals surface area (Å²) in [6, 6.07) is 10.2. The monoisotopic (exact) mass is 489 g/mol. The highest BCUT2D eigenvalue weighted by Crippen LogP contribution is 2.29. The number of ether oxygens (including phenoxy) is 1. The van der Waals surface area contributed by atoms with Crippen molar-refractivity contribution in [3.8, 4) is 6.01 Å². The summed E-state index contributed by atoms with van der Waals surface area (Å²) in [6.45, 7) is 13.6. The molecule has 0 spiro atoms. The normalized spacial score (nSPS) is 22.7. The third kappa shape index (κ3) is 5.51. The van der Waals surface area contributed by atoms with Crippen LogP contribution >= 0.6 is 0 Å². The topological polar surface area (TPSA) is 78.2 Å². The first-order chi connectivity index (χ1) is 17.6. The molecule has 1 aromatic heterocycles. The van der Waals surface area contributed by atoms with Gasteiger partial charge in [-0.1, -0.05) is 30.3 Å². The zero-order chi connectivity index (χ0) is 24.9. The number of anilines is 1. The number of Topliss-reactive ketones (excluding diaryl/α,β-unsaturated/α-hetero) is 1. The lowest BCUT2D eigenvalue weighted by Crippen LogP contribution is -2.56. The van der Waals surface area contributed by atoms with Crippen LogP contribution in [0.5, 0.6) is 6.01 Å². The lowest BCUT2D eigenvalue weighted by molar-refractivity contribution is 0.0885. The van der Waals surface area contributed by atoms with Gasteiger partial charge in [-0.15, -0.1) is 0 Å². The van der Waals surface area contributed by atoms with E-state index in [2.05, 4.69) is 31.9 Å². The van der Waals surface area contributed by atoms with E-state index in [1.54, 1.807) is 0 Å². The summed E-state index contributed by atoms with van der Waals surface area (Å²) < 4.78 is 6.13. The molecule has 190 valence electrons. The molecule has 0 aliphatic carbocycles. The first-order valence-corrected chi connectivity index (χ1v) is 13.0. The fourth-order valence-corrected chi connectivity index (χ4v) is 5.48. The fraction of sp³-hybridized carbons (Fsp3) is 0.556. The van der Waals surface area contributed by atoms with Crippen LogP contribution in [-0.2, 0) is 13.0 Å². The Labute approximate surface area is 213 Å². The Balaban J connectivity index is 1.33. The van der Waals surface area contributed by atoms with Crippen LogP contribution in [0.2, 0.25) is 0 Å². The van der Waals surface area contributed by atoms with E-state index < -0.39 is 0 Å². The zero-order valence-corrected chi connectivity index (χ0v) is 21.0. The van der Waals surface area contributed by atoms with E-state index in [0.29, 0.717) is 56.9 Å². The summed E-state index contributed by atoms with van der Waals surface area (Å²) in [4.78, 5) is 33.0. The number of benzene rings is 1. The molecule has 2 atom stereocenters. The molecule has 0 amide bonds. The van der Waals surface area contributed by atoms with Crippen molar-refractivity contribution in [2.75, 3.05) is 64.4 Å². The molecule has 5 rings (SSSR count). The van der Waals surface area contributed by atoms with Gasteiger partial charge in [-0.25, -0.2) is 6.57 Å². The number of carbonyl (C=O) groups excluding carboxylic acids is 1. The maximum Gasteiger partial charge on any atom is 0.318 e. The molecule has 0 radical (unpaired) electrons. The number of rotatable bonds is 8. The van der Waals surface area contributed by atoms with Crippen LogP contribution in [0.1, 0.15) is 34.5 Å². The van der Waals surface area contributed by atoms with Crippen molar-refractivity contribution < 1.29 is 9.53 Å². The summed E-state index contributed by atoms with van der Waals surface area (Å²) in [5.74, 6) is 1.03. The lowest BCUT2D eigenvalue weighted by Gasteiger charge is -2.40. The highest BCUT2D eigenvalue weighted by molar-refractivity contribution is 5.97. The van der Waals surface area contributed by atoms with Crippen molar-refractivity contribution in [1.29, 1.82) is 0 Å². The van der Waals surface area contributed by atoms with Crippen molar-refractivity contribution >= 4 is 11.6 Å². The molecule has 36 heavy (non-hydrogen) atoms. The summed E-state index contributed by atoms with van der Waals surface area (Å²) in [5.41, 5.74) is 2.90. The molecule has 2 aromatic rings. The first kappa shape index (κ1) is 24.6. The van der Waals surface area contributed by atoms with Gasteiger partial charge in [0.05, 0.1) is 12.2 Å². The number of hydrogen-bond acceptors (Lipinski definition) is 8. The first-order valence-electron chi connectivity index (χ1n) is 13.0. The molecule has 1 N–H and O–H groups in total. The van der Waals surface area contributed by atoms with Crippen molar-refractivity contribution in [2.24, 2.45) is 0 Å². The number of likely N-dealkylation sites (N-methyl/N-ethyl adjacent to an activating group) is 1. The van der Waals surface area contributed by atoms with Crippen molar-refractivity contribution in [1.82, 2.24) is 25.1 Å². The smallest absolute Gasteiger partial charge is 0.318 e. The Morgan fingerprint density at radius 1 is 1.19 bits per heavy atom. The van der Waals surface area contributed by atoms with E-state index in [4.69, 9.17) is 21.3 Å². The van der Waals surface area contributed by atoms with Gasteiger partial charge < -0.3 is 24.7 Å². The summed E-state index contributed by atoms with van der Waals surface area (Å²) in [7, 11) is 2.14. The molecule has 9 heteroatoms. The van der Waals surface area contributed by atoms with Crippen LogP contribution in [0.15, 0.2) is 30.3 Å². The largest absolute Gasteiger partial charge is 0.462 e. The van der Waals surface area contributed by atoms with E-state index >= 15 is 0 Å². The van der Waals surface area contributed by atoms with Crippen LogP contribution in [0, 0.1) is 6.57 Å². The van der Waals surface area contributed by atoms with Crippen LogP contribution in [0.4, 0.5) is 5.82 Å². The van der Waals surface area contributed by atoms with Gasteiger partial charge in [0.15, 0.2) is 5.78 Å². The minimum atomic E-state index is -0.0345. The maximum absolute atomic E-state index is 12.9. The van der Waals surface area contributed by atoms with Gasteiger partial charge in [0, 0.05) is 43.3 Å². The highest BCUT2D eigenvalue weighted by Gasteiger charge is 2.33. The van der Waals surface area contributed by atoms with Crippen molar-refractivity contribution in [3.05, 3.63) is 58.6 Å². The fourth-order valence-electron chi connectivity index (χ4n) is 5.48. The molecule has 4 heterocycles. The molecule has 2 fully saturated rings. The number of hydrogen-bond donors (Lipinski definition) is 1. The molecule has 2 saturated heterocycles. The highest BCUT2D eigenvalue weighted by atomic mass is 16.5. The molecular weight excluding hydrogens is 454 g/mol. The Morgan fingerprint density at radius 2 is 2.06 bits per heavy atom. The lowest BCUT2D eigenvalue weighted by atomic mass is 10.0. The molecule has 3 aliphatic rings. The Bertz CT molecular complexity index is 1100. The molecular formula is C27H35N7O2. The number of carbonyl (C=O) groups is 1. The third-order valence-corrected chi connectivity index (χ3v) is 7.62. The third-order valence-electron chi connectivity index (χ3n) is 7.62. The van der Waals surface area contributed by atoms with E-state index in [9.17, 15) is 4.79 Å². The zero-order valence-electron chi connectivity index (χ0n) is 21.0. The standard InChI is InChI=1S/C27H35N7O2/c1-28-15-22-17-34(14-13-33(22)18-25(35)20-7-4-3-5-8-20)26-23-10-11-29-16-24(23)30-27(31-26)36-19-21-9-6-12-32(21)2/h3-5,7-8,21-22,29H,6,9-19H2,2H3/t21-,22-/m0/s1. The Kier molecular flexibility index (Phi) is 7.75. The van der Waals surface area contributed by atoms with Crippen LogP contribution in [0.3, 0.4) is 0 Å². The SMILES string of the molecule is [C-]#[N+]C[C@H]1CN(c2nc(OC[C@@H]3CCCN3C)nc3c2CCNC3)CCN1CC(=O)c1ccccc1. The molecule has 0 saturated carbocycles. The van der Waals surface area contributed by atoms with Gasteiger partial charge in [-0.3, -0.25) is 9.69 Å². The van der Waals surface area contributed by atoms with Crippen LogP contribution in [-0.4, -0.2) is 97.1 Å². The summed E-state index contributed by atoms with van der Waals surface area (Å²) in [5, 5.41) is 3.42. The van der Waals surface area contributed by atoms with E-state index in [1.165, 1.54) is 12.0 Å². The van der Waals surface area contributed by atoms with Crippen LogP contribution in [0.25, 0.3) is 4.85 Å².